The summed E-state index contributed by atoms with van der Waals surface area (Å²) in [6, 6.07) is 14.1. The first-order valence-corrected chi connectivity index (χ1v) is 11.5. The van der Waals surface area contributed by atoms with Gasteiger partial charge in [0.2, 0.25) is 0 Å². The van der Waals surface area contributed by atoms with Crippen molar-refractivity contribution in [3.05, 3.63) is 86.5 Å². The van der Waals surface area contributed by atoms with Gasteiger partial charge in [-0.2, -0.15) is 0 Å². The summed E-state index contributed by atoms with van der Waals surface area (Å²) in [5, 5.41) is 4.49. The van der Waals surface area contributed by atoms with E-state index < -0.39 is 7.92 Å². The van der Waals surface area contributed by atoms with Gasteiger partial charge in [0.05, 0.1) is 0 Å². The highest BCUT2D eigenvalue weighted by Crippen LogP contribution is 2.39. The molecule has 0 fully saturated rings. The topological polar surface area (TPSA) is 0 Å². The molecule has 3 rings (SSSR count). The minimum atomic E-state index is -0.594. The summed E-state index contributed by atoms with van der Waals surface area (Å²) in [5.74, 6) is 0. The van der Waals surface area contributed by atoms with E-state index in [1.54, 1.807) is 0 Å². The summed E-state index contributed by atoms with van der Waals surface area (Å²) in [4.78, 5) is 0. The van der Waals surface area contributed by atoms with Crippen molar-refractivity contribution in [2.75, 3.05) is 0 Å². The smallest absolute Gasteiger partial charge is 0.0119 e. The van der Waals surface area contributed by atoms with E-state index in [0.29, 0.717) is 0 Å². The number of aryl methyl sites for hydroxylation is 3. The third kappa shape index (κ3) is 3.44. The van der Waals surface area contributed by atoms with Crippen molar-refractivity contribution in [1.82, 2.24) is 0 Å². The van der Waals surface area contributed by atoms with E-state index in [4.69, 9.17) is 0 Å². The van der Waals surface area contributed by atoms with Crippen LogP contribution in [0.2, 0.25) is 0 Å². The van der Waals surface area contributed by atoms with Crippen LogP contribution in [0.5, 0.6) is 0 Å². The third-order valence-corrected chi connectivity index (χ3v) is 9.71. The first-order valence-electron chi connectivity index (χ1n) is 10.2. The summed E-state index contributed by atoms with van der Waals surface area (Å²) in [5.41, 5.74) is 12.7. The Balaban J connectivity index is 2.38. The molecule has 1 heteroatoms. The lowest BCUT2D eigenvalue weighted by molar-refractivity contribution is 1.27. The summed E-state index contributed by atoms with van der Waals surface area (Å²) in [6.45, 7) is 20.4. The van der Waals surface area contributed by atoms with Gasteiger partial charge in [0, 0.05) is 0 Å². The fraction of sp³-hybridized carbons (Fsp3) is 0.333. The molecule has 0 aromatic heterocycles. The summed E-state index contributed by atoms with van der Waals surface area (Å²) >= 11 is 0. The van der Waals surface area contributed by atoms with Gasteiger partial charge in [-0.3, -0.25) is 0 Å². The molecule has 146 valence electrons. The highest BCUT2D eigenvalue weighted by Gasteiger charge is 2.24. The Morgan fingerprint density at radius 2 is 0.607 bits per heavy atom. The fourth-order valence-corrected chi connectivity index (χ4v) is 6.90. The Morgan fingerprint density at radius 1 is 0.357 bits per heavy atom. The number of hydrogen-bond donors (Lipinski definition) is 0. The van der Waals surface area contributed by atoms with Crippen molar-refractivity contribution in [3.8, 4) is 0 Å². The Bertz CT molecular complexity index is 920. The lowest BCUT2D eigenvalue weighted by Gasteiger charge is -2.28. The highest BCUT2D eigenvalue weighted by molar-refractivity contribution is 7.80. The molecule has 0 heterocycles. The molecule has 28 heavy (non-hydrogen) atoms. The molecule has 0 atom stereocenters. The molecule has 0 unspecified atom stereocenters. The molecule has 0 aliphatic rings. The van der Waals surface area contributed by atoms with Gasteiger partial charge in [0.15, 0.2) is 0 Å². The van der Waals surface area contributed by atoms with E-state index >= 15 is 0 Å². The molecule has 3 aromatic carbocycles. The molecule has 0 radical (unpaired) electrons. The van der Waals surface area contributed by atoms with Gasteiger partial charge in [-0.1, -0.05) is 36.4 Å². The van der Waals surface area contributed by atoms with E-state index in [1.165, 1.54) is 66.0 Å². The number of hydrogen-bond acceptors (Lipinski definition) is 0. The Morgan fingerprint density at radius 3 is 0.857 bits per heavy atom. The van der Waals surface area contributed by atoms with Crippen LogP contribution in [0.4, 0.5) is 0 Å². The van der Waals surface area contributed by atoms with Gasteiger partial charge in [-0.25, -0.2) is 0 Å². The zero-order chi connectivity index (χ0) is 20.7. The maximum absolute atomic E-state index is 2.38. The second kappa shape index (κ2) is 7.84. The van der Waals surface area contributed by atoms with Crippen LogP contribution < -0.4 is 15.9 Å². The lowest BCUT2D eigenvalue weighted by atomic mass is 10.0. The quantitative estimate of drug-likeness (QED) is 0.467. The van der Waals surface area contributed by atoms with Crippen molar-refractivity contribution < 1.29 is 0 Å². The molecule has 0 bridgehead atoms. The summed E-state index contributed by atoms with van der Waals surface area (Å²) in [6.07, 6.45) is 0. The van der Waals surface area contributed by atoms with Crippen LogP contribution in [0.15, 0.2) is 36.4 Å². The van der Waals surface area contributed by atoms with Gasteiger partial charge in [0.1, 0.15) is 0 Å². The van der Waals surface area contributed by atoms with Gasteiger partial charge in [0.25, 0.3) is 0 Å². The standard InChI is InChI=1S/C27H33P/c1-16-10-13-25(22(7)19(16)4)28(26-14-11-17(2)20(5)23(26)8)27-15-12-18(3)21(6)24(27)9/h10-15H,1-9H3. The molecule has 0 amide bonds. The summed E-state index contributed by atoms with van der Waals surface area (Å²) < 4.78 is 0. The van der Waals surface area contributed by atoms with Crippen molar-refractivity contribution in [2.45, 2.75) is 62.3 Å². The van der Waals surface area contributed by atoms with Crippen molar-refractivity contribution in [2.24, 2.45) is 0 Å². The van der Waals surface area contributed by atoms with Gasteiger partial charge < -0.3 is 0 Å². The lowest BCUT2D eigenvalue weighted by Crippen LogP contribution is -2.27. The van der Waals surface area contributed by atoms with E-state index in [0.717, 1.165) is 0 Å². The van der Waals surface area contributed by atoms with Crippen molar-refractivity contribution in [3.63, 3.8) is 0 Å². The van der Waals surface area contributed by atoms with Crippen LogP contribution in [-0.2, 0) is 0 Å². The minimum absolute atomic E-state index is 0.594. The van der Waals surface area contributed by atoms with E-state index in [2.05, 4.69) is 98.7 Å². The fourth-order valence-electron chi connectivity index (χ4n) is 3.94. The molecular weight excluding hydrogens is 355 g/mol. The Hall–Kier alpha value is -1.91. The predicted molar refractivity (Wildman–Crippen MR) is 128 cm³/mol. The molecule has 0 N–H and O–H groups in total. The molecule has 0 aliphatic heterocycles. The minimum Gasteiger partial charge on any atom is -0.0584 e. The van der Waals surface area contributed by atoms with Crippen LogP contribution in [0.1, 0.15) is 50.1 Å². The molecule has 0 spiro atoms. The van der Waals surface area contributed by atoms with Crippen LogP contribution in [0, 0.1) is 62.3 Å². The number of rotatable bonds is 3. The molecule has 0 saturated carbocycles. The van der Waals surface area contributed by atoms with Gasteiger partial charge in [-0.15, -0.1) is 0 Å². The van der Waals surface area contributed by atoms with Crippen LogP contribution >= 0.6 is 7.92 Å². The van der Waals surface area contributed by atoms with Gasteiger partial charge >= 0.3 is 0 Å². The summed E-state index contributed by atoms with van der Waals surface area (Å²) in [7, 11) is -0.594. The zero-order valence-electron chi connectivity index (χ0n) is 18.9. The van der Waals surface area contributed by atoms with E-state index in [-0.39, 0.29) is 0 Å². The maximum Gasteiger partial charge on any atom is -0.0119 e. The Labute approximate surface area is 172 Å². The maximum atomic E-state index is 2.38. The molecule has 3 aromatic rings. The number of benzene rings is 3. The van der Waals surface area contributed by atoms with E-state index in [1.807, 2.05) is 0 Å². The predicted octanol–water partition coefficient (Wildman–Crippen LogP) is 6.22. The SMILES string of the molecule is Cc1ccc(P(c2ccc(C)c(C)c2C)c2ccc(C)c(C)c2C)c(C)c1C. The highest BCUT2D eigenvalue weighted by atomic mass is 31.1. The third-order valence-electron chi connectivity index (χ3n) is 6.81. The molecule has 0 aliphatic carbocycles. The monoisotopic (exact) mass is 388 g/mol. The van der Waals surface area contributed by atoms with Crippen LogP contribution in [-0.4, -0.2) is 0 Å². The zero-order valence-corrected chi connectivity index (χ0v) is 19.8. The molecule has 0 nitrogen and oxygen atoms in total. The average Bonchev–Trinajstić information content (AvgIpc) is 2.67. The second-order valence-corrected chi connectivity index (χ2v) is 10.4. The first kappa shape index (κ1) is 20.8. The van der Waals surface area contributed by atoms with Crippen LogP contribution in [0.3, 0.4) is 0 Å². The van der Waals surface area contributed by atoms with Crippen molar-refractivity contribution >= 4 is 23.8 Å². The van der Waals surface area contributed by atoms with Crippen molar-refractivity contribution in [1.29, 1.82) is 0 Å². The average molecular weight is 389 g/mol. The van der Waals surface area contributed by atoms with E-state index in [9.17, 15) is 0 Å². The Kier molecular flexibility index (Phi) is 5.83. The molecule has 0 saturated heterocycles. The first-order chi connectivity index (χ1) is 13.1. The second-order valence-electron chi connectivity index (χ2n) is 8.29. The molecular formula is C27H33P. The normalized spacial score (nSPS) is 11.4. The van der Waals surface area contributed by atoms with Crippen LogP contribution in [0.25, 0.3) is 0 Å². The largest absolute Gasteiger partial charge is 0.0584 e. The van der Waals surface area contributed by atoms with Gasteiger partial charge in [-0.05, 0) is 136 Å².